The van der Waals surface area contributed by atoms with E-state index in [9.17, 15) is 0 Å². The fourth-order valence-corrected chi connectivity index (χ4v) is 2.07. The molecule has 0 spiro atoms. The van der Waals surface area contributed by atoms with E-state index in [1.54, 1.807) is 0 Å². The van der Waals surface area contributed by atoms with Crippen molar-refractivity contribution in [1.82, 2.24) is 0 Å². The molecule has 0 radical (unpaired) electrons. The van der Waals surface area contributed by atoms with Gasteiger partial charge in [-0.3, -0.25) is 11.7 Å². The van der Waals surface area contributed by atoms with Gasteiger partial charge in [-0.1, -0.05) is 66.2 Å². The molecule has 0 aliphatic carbocycles. The molecule has 0 saturated carbocycles. The van der Waals surface area contributed by atoms with Crippen LogP contribution in [0.15, 0.2) is 0 Å². The van der Waals surface area contributed by atoms with E-state index >= 15 is 0 Å². The molecule has 2 nitrogen and oxygen atoms in total. The van der Waals surface area contributed by atoms with Crippen LogP contribution in [0, 0.1) is 11.8 Å². The first-order valence-corrected chi connectivity index (χ1v) is 6.61. The van der Waals surface area contributed by atoms with E-state index in [4.69, 9.17) is 0 Å². The van der Waals surface area contributed by atoms with Crippen molar-refractivity contribution < 1.29 is 0 Å². The summed E-state index contributed by atoms with van der Waals surface area (Å²) in [4.78, 5) is 0. The zero-order valence-electron chi connectivity index (χ0n) is 11.3. The summed E-state index contributed by atoms with van der Waals surface area (Å²) in [5, 5.41) is 0. The highest BCUT2D eigenvalue weighted by Gasteiger charge is 2.11. The average Bonchev–Trinajstić information content (AvgIpc) is 2.32. The summed E-state index contributed by atoms with van der Waals surface area (Å²) in [6.45, 7) is 9.31. The zero-order valence-corrected chi connectivity index (χ0v) is 11.3. The van der Waals surface area contributed by atoms with Crippen LogP contribution in [0.2, 0.25) is 0 Å². The molecule has 0 bridgehead atoms. The van der Waals surface area contributed by atoms with Gasteiger partial charge < -0.3 is 0 Å². The van der Waals surface area contributed by atoms with Gasteiger partial charge in [0.25, 0.3) is 0 Å². The fraction of sp³-hybridized carbons (Fsp3) is 1.00. The molecular formula is C13H32N2. The van der Waals surface area contributed by atoms with Crippen LogP contribution in [0.25, 0.3) is 0 Å². The molecule has 1 unspecified atom stereocenters. The quantitative estimate of drug-likeness (QED) is 0.478. The van der Waals surface area contributed by atoms with Crippen molar-refractivity contribution in [2.24, 2.45) is 23.5 Å². The molecule has 0 amide bonds. The topological polar surface area (TPSA) is 52.0 Å². The number of nitrogens with two attached hydrogens (primary N) is 2. The second-order valence-electron chi connectivity index (χ2n) is 4.33. The van der Waals surface area contributed by atoms with Crippen LogP contribution in [-0.2, 0) is 0 Å². The largest absolute Gasteiger partial charge is 0.274 e. The van der Waals surface area contributed by atoms with Crippen LogP contribution >= 0.6 is 0 Å². The Morgan fingerprint density at radius 1 is 0.800 bits per heavy atom. The standard InChI is InChI=1S/C13H28.H4N2/c1-5-9-10-13(8-4)11-12(6-2)7-3;1-2/h12-13H,5-11H2,1-4H3;1-2H2. The van der Waals surface area contributed by atoms with Gasteiger partial charge >= 0.3 is 0 Å². The molecule has 1 atom stereocenters. The van der Waals surface area contributed by atoms with E-state index < -0.39 is 0 Å². The molecular weight excluding hydrogens is 184 g/mol. The van der Waals surface area contributed by atoms with Gasteiger partial charge in [0.1, 0.15) is 0 Å². The van der Waals surface area contributed by atoms with E-state index in [0.29, 0.717) is 0 Å². The minimum atomic E-state index is 0.988. The molecule has 0 rings (SSSR count). The van der Waals surface area contributed by atoms with Crippen LogP contribution in [-0.4, -0.2) is 0 Å². The minimum Gasteiger partial charge on any atom is -0.274 e. The molecule has 4 N–H and O–H groups in total. The van der Waals surface area contributed by atoms with Gasteiger partial charge in [-0.15, -0.1) is 0 Å². The lowest BCUT2D eigenvalue weighted by Crippen LogP contribution is -2.07. The van der Waals surface area contributed by atoms with E-state index in [2.05, 4.69) is 39.4 Å². The first kappa shape index (κ1) is 17.3. The van der Waals surface area contributed by atoms with E-state index in [1.807, 2.05) is 0 Å². The molecule has 15 heavy (non-hydrogen) atoms. The predicted molar refractivity (Wildman–Crippen MR) is 70.4 cm³/mol. The van der Waals surface area contributed by atoms with Gasteiger partial charge in [0.2, 0.25) is 0 Å². The number of hydrazine groups is 1. The van der Waals surface area contributed by atoms with Crippen molar-refractivity contribution in [2.45, 2.75) is 72.6 Å². The molecule has 0 aliphatic rings. The Hall–Kier alpha value is -0.0800. The van der Waals surface area contributed by atoms with Crippen LogP contribution in [0.1, 0.15) is 72.6 Å². The summed E-state index contributed by atoms with van der Waals surface area (Å²) in [5.41, 5.74) is 0. The van der Waals surface area contributed by atoms with Crippen molar-refractivity contribution >= 4 is 0 Å². The Kier molecular flexibility index (Phi) is 16.1. The van der Waals surface area contributed by atoms with Gasteiger partial charge in [0.05, 0.1) is 0 Å². The normalized spacial score (nSPS) is 12.2. The molecule has 0 aromatic carbocycles. The minimum absolute atomic E-state index is 0.988. The van der Waals surface area contributed by atoms with Crippen LogP contribution in [0.3, 0.4) is 0 Å². The maximum absolute atomic E-state index is 4.00. The van der Waals surface area contributed by atoms with Gasteiger partial charge in [-0.25, -0.2) is 0 Å². The maximum Gasteiger partial charge on any atom is -0.0414 e. The summed E-state index contributed by atoms with van der Waals surface area (Å²) < 4.78 is 0. The Balaban J connectivity index is 0. The van der Waals surface area contributed by atoms with Gasteiger partial charge in [0.15, 0.2) is 0 Å². The zero-order chi connectivity index (χ0) is 12.1. The summed E-state index contributed by atoms with van der Waals surface area (Å²) in [6.07, 6.45) is 9.86. The Morgan fingerprint density at radius 2 is 1.27 bits per heavy atom. The maximum atomic E-state index is 4.00. The number of unbranched alkanes of at least 4 members (excludes halogenated alkanes) is 1. The molecule has 0 fully saturated rings. The summed E-state index contributed by atoms with van der Waals surface area (Å²) in [5.74, 6) is 9.99. The van der Waals surface area contributed by atoms with Crippen LogP contribution < -0.4 is 11.7 Å². The Bertz CT molecular complexity index is 101. The fourth-order valence-electron chi connectivity index (χ4n) is 2.07. The molecule has 0 heterocycles. The summed E-state index contributed by atoms with van der Waals surface area (Å²) >= 11 is 0. The number of hydrogen-bond donors (Lipinski definition) is 2. The lowest BCUT2D eigenvalue weighted by Gasteiger charge is -2.20. The molecule has 0 saturated heterocycles. The van der Waals surface area contributed by atoms with E-state index in [-0.39, 0.29) is 0 Å². The first-order chi connectivity index (χ1) is 7.28. The second kappa shape index (κ2) is 13.9. The third-order valence-corrected chi connectivity index (χ3v) is 3.36. The lowest BCUT2D eigenvalue weighted by molar-refractivity contribution is 0.324. The van der Waals surface area contributed by atoms with Crippen molar-refractivity contribution in [2.75, 3.05) is 0 Å². The highest BCUT2D eigenvalue weighted by Crippen LogP contribution is 2.25. The molecule has 0 aromatic heterocycles. The van der Waals surface area contributed by atoms with Crippen molar-refractivity contribution in [1.29, 1.82) is 0 Å². The second-order valence-corrected chi connectivity index (χ2v) is 4.33. The van der Waals surface area contributed by atoms with Gasteiger partial charge in [0, 0.05) is 0 Å². The third kappa shape index (κ3) is 10.2. The van der Waals surface area contributed by atoms with E-state index in [0.717, 1.165) is 11.8 Å². The number of hydrogen-bond acceptors (Lipinski definition) is 2. The highest BCUT2D eigenvalue weighted by atomic mass is 15.0. The van der Waals surface area contributed by atoms with Gasteiger partial charge in [-0.2, -0.15) is 0 Å². The molecule has 2 heteroatoms. The van der Waals surface area contributed by atoms with Crippen molar-refractivity contribution in [3.8, 4) is 0 Å². The van der Waals surface area contributed by atoms with Crippen LogP contribution in [0.4, 0.5) is 0 Å². The first-order valence-electron chi connectivity index (χ1n) is 6.61. The summed E-state index contributed by atoms with van der Waals surface area (Å²) in [6, 6.07) is 0. The number of rotatable bonds is 8. The van der Waals surface area contributed by atoms with Crippen LogP contribution in [0.5, 0.6) is 0 Å². The smallest absolute Gasteiger partial charge is 0.0414 e. The average molecular weight is 216 g/mol. The molecule has 0 aliphatic heterocycles. The Labute approximate surface area is 96.8 Å². The van der Waals surface area contributed by atoms with Gasteiger partial charge in [-0.05, 0) is 18.3 Å². The van der Waals surface area contributed by atoms with Crippen molar-refractivity contribution in [3.63, 3.8) is 0 Å². The SMILES string of the molecule is CCCCC(CC)CC(CC)CC.NN. The summed E-state index contributed by atoms with van der Waals surface area (Å²) in [7, 11) is 0. The monoisotopic (exact) mass is 216 g/mol. The lowest BCUT2D eigenvalue weighted by atomic mass is 9.86. The van der Waals surface area contributed by atoms with Crippen molar-refractivity contribution in [3.05, 3.63) is 0 Å². The third-order valence-electron chi connectivity index (χ3n) is 3.36. The highest BCUT2D eigenvalue weighted by molar-refractivity contribution is 4.63. The molecule has 0 aromatic rings. The molecule has 94 valence electrons. The van der Waals surface area contributed by atoms with E-state index in [1.165, 1.54) is 44.9 Å². The predicted octanol–water partition coefficient (Wildman–Crippen LogP) is 3.85. The Morgan fingerprint density at radius 3 is 1.60 bits per heavy atom.